The number of anilines is 1. The van der Waals surface area contributed by atoms with Crippen LogP contribution in [0.25, 0.3) is 0 Å². The summed E-state index contributed by atoms with van der Waals surface area (Å²) in [7, 11) is 0. The van der Waals surface area contributed by atoms with E-state index in [-0.39, 0.29) is 11.8 Å². The number of hydrogen-bond donors (Lipinski definition) is 2. The van der Waals surface area contributed by atoms with Gasteiger partial charge in [-0.25, -0.2) is 0 Å². The molecule has 25 heavy (non-hydrogen) atoms. The normalized spacial score (nSPS) is 16.4. The lowest BCUT2D eigenvalue weighted by Crippen LogP contribution is -2.29. The Kier molecular flexibility index (Phi) is 5.46. The van der Waals surface area contributed by atoms with Crippen LogP contribution in [0.4, 0.5) is 5.69 Å². The highest BCUT2D eigenvalue weighted by Gasteiger charge is 2.24. The lowest BCUT2D eigenvalue weighted by Gasteiger charge is -2.14. The molecule has 5 nitrogen and oxygen atoms in total. The Bertz CT molecular complexity index is 750. The minimum atomic E-state index is -0.427. The molecule has 1 heterocycles. The van der Waals surface area contributed by atoms with Gasteiger partial charge >= 0.3 is 0 Å². The Morgan fingerprint density at radius 2 is 1.88 bits per heavy atom. The first-order valence-electron chi connectivity index (χ1n) is 8.49. The molecule has 2 N–H and O–H groups in total. The standard InChI is InChI=1S/C20H22N2O3/c1-14-8-10-15(11-9-14)13-21-19(23)16-5-2-3-6-17(16)22-20(24)18-7-4-12-25-18/h2-3,5-6,8-11,18H,4,7,12-13H2,1H3,(H,21,23)(H,22,24)/t18-/m0/s1. The monoisotopic (exact) mass is 338 g/mol. The average Bonchev–Trinajstić information content (AvgIpc) is 3.16. The second-order valence-corrected chi connectivity index (χ2v) is 6.20. The molecule has 130 valence electrons. The highest BCUT2D eigenvalue weighted by atomic mass is 16.5. The number of para-hydroxylation sites is 1. The molecule has 0 radical (unpaired) electrons. The van der Waals surface area contributed by atoms with Crippen molar-refractivity contribution >= 4 is 17.5 Å². The maximum Gasteiger partial charge on any atom is 0.253 e. The van der Waals surface area contributed by atoms with Crippen LogP contribution in [-0.2, 0) is 16.1 Å². The van der Waals surface area contributed by atoms with E-state index in [0.29, 0.717) is 30.8 Å². The van der Waals surface area contributed by atoms with E-state index < -0.39 is 6.10 Å². The van der Waals surface area contributed by atoms with Gasteiger partial charge in [-0.15, -0.1) is 0 Å². The minimum Gasteiger partial charge on any atom is -0.368 e. The van der Waals surface area contributed by atoms with E-state index >= 15 is 0 Å². The maximum atomic E-state index is 12.5. The number of hydrogen-bond acceptors (Lipinski definition) is 3. The van der Waals surface area contributed by atoms with E-state index in [2.05, 4.69) is 10.6 Å². The van der Waals surface area contributed by atoms with Crippen molar-refractivity contribution < 1.29 is 14.3 Å². The van der Waals surface area contributed by atoms with Crippen LogP contribution in [-0.4, -0.2) is 24.5 Å². The Balaban J connectivity index is 1.65. The van der Waals surface area contributed by atoms with Gasteiger partial charge in [-0.1, -0.05) is 42.0 Å². The number of amides is 2. The summed E-state index contributed by atoms with van der Waals surface area (Å²) in [5.41, 5.74) is 3.16. The maximum absolute atomic E-state index is 12.5. The van der Waals surface area contributed by atoms with Gasteiger partial charge in [0.25, 0.3) is 11.8 Å². The van der Waals surface area contributed by atoms with Crippen LogP contribution in [0.5, 0.6) is 0 Å². The van der Waals surface area contributed by atoms with Crippen molar-refractivity contribution in [1.82, 2.24) is 5.32 Å². The SMILES string of the molecule is Cc1ccc(CNC(=O)c2ccccc2NC(=O)[C@@H]2CCCO2)cc1. The molecule has 0 aliphatic carbocycles. The number of carbonyl (C=O) groups excluding carboxylic acids is 2. The molecule has 0 unspecified atom stereocenters. The molecule has 1 atom stereocenters. The van der Waals surface area contributed by atoms with E-state index in [4.69, 9.17) is 4.74 Å². The minimum absolute atomic E-state index is 0.198. The number of aryl methyl sites for hydroxylation is 1. The number of carbonyl (C=O) groups is 2. The molecular formula is C20H22N2O3. The molecule has 5 heteroatoms. The molecule has 0 aromatic heterocycles. The number of ether oxygens (including phenoxy) is 1. The molecule has 1 aliphatic heterocycles. The number of rotatable bonds is 5. The van der Waals surface area contributed by atoms with Gasteiger partial charge in [0.1, 0.15) is 6.10 Å². The molecule has 0 spiro atoms. The van der Waals surface area contributed by atoms with Gasteiger partial charge in [-0.3, -0.25) is 9.59 Å². The van der Waals surface area contributed by atoms with Gasteiger partial charge < -0.3 is 15.4 Å². The van der Waals surface area contributed by atoms with Crippen molar-refractivity contribution in [1.29, 1.82) is 0 Å². The molecule has 1 saturated heterocycles. The van der Waals surface area contributed by atoms with Crippen LogP contribution in [0.3, 0.4) is 0 Å². The third-order valence-corrected chi connectivity index (χ3v) is 4.23. The first kappa shape index (κ1) is 17.2. The summed E-state index contributed by atoms with van der Waals surface area (Å²) < 4.78 is 5.39. The van der Waals surface area contributed by atoms with Gasteiger partial charge in [0.2, 0.25) is 0 Å². The quantitative estimate of drug-likeness (QED) is 0.880. The van der Waals surface area contributed by atoms with Crippen LogP contribution in [0.2, 0.25) is 0 Å². The van der Waals surface area contributed by atoms with Gasteiger partial charge in [0.15, 0.2) is 0 Å². The zero-order chi connectivity index (χ0) is 17.6. The Morgan fingerprint density at radius 3 is 2.60 bits per heavy atom. The van der Waals surface area contributed by atoms with Crippen molar-refractivity contribution in [3.63, 3.8) is 0 Å². The second-order valence-electron chi connectivity index (χ2n) is 6.20. The molecule has 0 bridgehead atoms. The number of nitrogens with one attached hydrogen (secondary N) is 2. The van der Waals surface area contributed by atoms with Crippen molar-refractivity contribution in [3.05, 3.63) is 65.2 Å². The highest BCUT2D eigenvalue weighted by Crippen LogP contribution is 2.19. The van der Waals surface area contributed by atoms with E-state index in [1.165, 1.54) is 5.56 Å². The molecule has 0 saturated carbocycles. The van der Waals surface area contributed by atoms with Crippen LogP contribution in [0, 0.1) is 6.92 Å². The molecular weight excluding hydrogens is 316 g/mol. The molecule has 2 aromatic rings. The van der Waals surface area contributed by atoms with Gasteiger partial charge in [-0.05, 0) is 37.5 Å². The van der Waals surface area contributed by atoms with Crippen molar-refractivity contribution in [3.8, 4) is 0 Å². The van der Waals surface area contributed by atoms with Crippen LogP contribution in [0.1, 0.15) is 34.3 Å². The first-order chi connectivity index (χ1) is 12.1. The number of benzene rings is 2. The van der Waals surface area contributed by atoms with Gasteiger partial charge in [-0.2, -0.15) is 0 Å². The fourth-order valence-corrected chi connectivity index (χ4v) is 2.77. The summed E-state index contributed by atoms with van der Waals surface area (Å²) in [5.74, 6) is -0.417. The Hall–Kier alpha value is -2.66. The van der Waals surface area contributed by atoms with Crippen molar-refractivity contribution in [2.45, 2.75) is 32.4 Å². The smallest absolute Gasteiger partial charge is 0.253 e. The lowest BCUT2D eigenvalue weighted by molar-refractivity contribution is -0.124. The summed E-state index contributed by atoms with van der Waals surface area (Å²) in [6, 6.07) is 15.0. The van der Waals surface area contributed by atoms with Crippen molar-refractivity contribution in [2.24, 2.45) is 0 Å². The summed E-state index contributed by atoms with van der Waals surface area (Å²) in [6.45, 7) is 3.07. The summed E-state index contributed by atoms with van der Waals surface area (Å²) >= 11 is 0. The van der Waals surface area contributed by atoms with Gasteiger partial charge in [0, 0.05) is 13.2 Å². The van der Waals surface area contributed by atoms with Crippen LogP contribution in [0.15, 0.2) is 48.5 Å². The Morgan fingerprint density at radius 1 is 1.12 bits per heavy atom. The lowest BCUT2D eigenvalue weighted by atomic mass is 10.1. The molecule has 1 aliphatic rings. The van der Waals surface area contributed by atoms with Gasteiger partial charge in [0.05, 0.1) is 11.3 Å². The fourth-order valence-electron chi connectivity index (χ4n) is 2.77. The second kappa shape index (κ2) is 7.94. The largest absolute Gasteiger partial charge is 0.368 e. The first-order valence-corrected chi connectivity index (χ1v) is 8.49. The topological polar surface area (TPSA) is 67.4 Å². The summed E-state index contributed by atoms with van der Waals surface area (Å²) in [4.78, 5) is 24.7. The third kappa shape index (κ3) is 4.45. The van der Waals surface area contributed by atoms with Crippen molar-refractivity contribution in [2.75, 3.05) is 11.9 Å². The predicted molar refractivity (Wildman–Crippen MR) is 96.4 cm³/mol. The molecule has 3 rings (SSSR count). The van der Waals surface area contributed by atoms with E-state index in [9.17, 15) is 9.59 Å². The fraction of sp³-hybridized carbons (Fsp3) is 0.300. The van der Waals surface area contributed by atoms with Crippen LogP contribution < -0.4 is 10.6 Å². The predicted octanol–water partition coefficient (Wildman–Crippen LogP) is 3.04. The summed E-state index contributed by atoms with van der Waals surface area (Å²) in [5, 5.41) is 5.71. The van der Waals surface area contributed by atoms with E-state index in [1.54, 1.807) is 24.3 Å². The zero-order valence-corrected chi connectivity index (χ0v) is 14.2. The molecule has 2 amide bonds. The Labute approximate surface area is 147 Å². The molecule has 2 aromatic carbocycles. The average molecular weight is 338 g/mol. The zero-order valence-electron chi connectivity index (χ0n) is 14.2. The van der Waals surface area contributed by atoms with E-state index in [1.807, 2.05) is 31.2 Å². The molecule has 1 fully saturated rings. The van der Waals surface area contributed by atoms with E-state index in [0.717, 1.165) is 12.0 Å². The van der Waals surface area contributed by atoms with Crippen LogP contribution >= 0.6 is 0 Å². The third-order valence-electron chi connectivity index (χ3n) is 4.23. The summed E-state index contributed by atoms with van der Waals surface area (Å²) in [6.07, 6.45) is 1.17. The highest BCUT2D eigenvalue weighted by molar-refractivity contribution is 6.04.